The fourth-order valence-corrected chi connectivity index (χ4v) is 1.14. The van der Waals surface area contributed by atoms with Gasteiger partial charge in [0, 0.05) is 6.42 Å². The van der Waals surface area contributed by atoms with Crippen LogP contribution in [-0.2, 0) is 11.2 Å². The number of carbonyl (C=O) groups excluding carboxylic acids is 1. The first-order valence-corrected chi connectivity index (χ1v) is 4.78. The molecule has 0 heterocycles. The van der Waals surface area contributed by atoms with Crippen molar-refractivity contribution in [2.24, 2.45) is 0 Å². The standard InChI is InChI=1S/C9H7BrF2O/c10-5-7(13)4-6-2-1-3-8(11)9(6)12/h1-3H,4-5H2. The molecule has 0 bridgehead atoms. The smallest absolute Gasteiger partial charge is 0.162 e. The summed E-state index contributed by atoms with van der Waals surface area (Å²) in [6.07, 6.45) is -0.0746. The Morgan fingerprint density at radius 3 is 2.69 bits per heavy atom. The normalized spacial score (nSPS) is 10.1. The molecule has 4 heteroatoms. The van der Waals surface area contributed by atoms with Crippen LogP contribution in [0.4, 0.5) is 8.78 Å². The van der Waals surface area contributed by atoms with Crippen LogP contribution in [0.5, 0.6) is 0 Å². The van der Waals surface area contributed by atoms with Crippen molar-refractivity contribution in [3.63, 3.8) is 0 Å². The molecule has 0 aliphatic rings. The van der Waals surface area contributed by atoms with E-state index in [0.717, 1.165) is 6.07 Å². The average Bonchev–Trinajstić information content (AvgIpc) is 2.13. The number of hydrogen-bond acceptors (Lipinski definition) is 1. The summed E-state index contributed by atoms with van der Waals surface area (Å²) in [5, 5.41) is 0.156. The van der Waals surface area contributed by atoms with Gasteiger partial charge in [-0.15, -0.1) is 0 Å². The van der Waals surface area contributed by atoms with Crippen molar-refractivity contribution in [1.82, 2.24) is 0 Å². The highest BCUT2D eigenvalue weighted by molar-refractivity contribution is 9.09. The molecule has 1 aromatic carbocycles. The molecule has 0 aliphatic carbocycles. The molecule has 0 aliphatic heterocycles. The van der Waals surface area contributed by atoms with E-state index in [1.54, 1.807) is 0 Å². The van der Waals surface area contributed by atoms with E-state index in [0.29, 0.717) is 0 Å². The van der Waals surface area contributed by atoms with Crippen LogP contribution in [0.2, 0.25) is 0 Å². The van der Waals surface area contributed by atoms with Gasteiger partial charge in [-0.05, 0) is 11.6 Å². The third-order valence-electron chi connectivity index (χ3n) is 1.57. The van der Waals surface area contributed by atoms with E-state index in [2.05, 4.69) is 15.9 Å². The van der Waals surface area contributed by atoms with E-state index in [1.165, 1.54) is 12.1 Å². The lowest BCUT2D eigenvalue weighted by molar-refractivity contribution is -0.115. The molecule has 0 spiro atoms. The van der Waals surface area contributed by atoms with Crippen molar-refractivity contribution in [3.8, 4) is 0 Å². The van der Waals surface area contributed by atoms with Crippen molar-refractivity contribution in [1.29, 1.82) is 0 Å². The molecule has 0 unspecified atom stereocenters. The summed E-state index contributed by atoms with van der Waals surface area (Å²) < 4.78 is 25.6. The van der Waals surface area contributed by atoms with E-state index in [-0.39, 0.29) is 23.1 Å². The Labute approximate surface area is 82.9 Å². The Hall–Kier alpha value is -0.770. The van der Waals surface area contributed by atoms with Gasteiger partial charge in [-0.3, -0.25) is 4.79 Å². The van der Waals surface area contributed by atoms with Crippen LogP contribution in [0.1, 0.15) is 5.56 Å². The molecule has 1 rings (SSSR count). The number of benzene rings is 1. The summed E-state index contributed by atoms with van der Waals surface area (Å²) in [5.41, 5.74) is 0.101. The first-order valence-electron chi connectivity index (χ1n) is 3.65. The largest absolute Gasteiger partial charge is 0.298 e. The minimum Gasteiger partial charge on any atom is -0.298 e. The van der Waals surface area contributed by atoms with Crippen molar-refractivity contribution < 1.29 is 13.6 Å². The molecule has 0 saturated carbocycles. The summed E-state index contributed by atoms with van der Waals surface area (Å²) in [4.78, 5) is 10.9. The maximum atomic E-state index is 13.0. The van der Waals surface area contributed by atoms with Crippen molar-refractivity contribution in [2.45, 2.75) is 6.42 Å². The second-order valence-corrected chi connectivity index (χ2v) is 3.12. The lowest BCUT2D eigenvalue weighted by Gasteiger charge is -2.00. The van der Waals surface area contributed by atoms with Crippen molar-refractivity contribution in [2.75, 3.05) is 5.33 Å². The van der Waals surface area contributed by atoms with E-state index < -0.39 is 11.6 Å². The topological polar surface area (TPSA) is 17.1 Å². The van der Waals surface area contributed by atoms with Crippen LogP contribution in [0.3, 0.4) is 0 Å². The number of alkyl halides is 1. The van der Waals surface area contributed by atoms with Crippen LogP contribution < -0.4 is 0 Å². The maximum Gasteiger partial charge on any atom is 0.162 e. The highest BCUT2D eigenvalue weighted by Gasteiger charge is 2.10. The minimum absolute atomic E-state index is 0.0746. The van der Waals surface area contributed by atoms with Gasteiger partial charge in [-0.1, -0.05) is 28.1 Å². The van der Waals surface area contributed by atoms with Gasteiger partial charge in [-0.2, -0.15) is 0 Å². The summed E-state index contributed by atoms with van der Waals surface area (Å²) >= 11 is 2.95. The maximum absolute atomic E-state index is 13.0. The SMILES string of the molecule is O=C(CBr)Cc1cccc(F)c1F. The molecule has 0 aromatic heterocycles. The molecule has 0 amide bonds. The van der Waals surface area contributed by atoms with Gasteiger partial charge >= 0.3 is 0 Å². The number of ketones is 1. The predicted octanol–water partition coefficient (Wildman–Crippen LogP) is 2.47. The highest BCUT2D eigenvalue weighted by atomic mass is 79.9. The molecule has 0 radical (unpaired) electrons. The Morgan fingerprint density at radius 2 is 2.08 bits per heavy atom. The van der Waals surface area contributed by atoms with Crippen molar-refractivity contribution >= 4 is 21.7 Å². The van der Waals surface area contributed by atoms with E-state index in [9.17, 15) is 13.6 Å². The first-order chi connectivity index (χ1) is 6.15. The Bertz CT molecular complexity index is 325. The number of Topliss-reactive ketones (excluding diaryl/α,β-unsaturated/α-hetero) is 1. The second kappa shape index (κ2) is 4.46. The molecular weight excluding hydrogens is 242 g/mol. The predicted molar refractivity (Wildman–Crippen MR) is 48.9 cm³/mol. The van der Waals surface area contributed by atoms with Gasteiger partial charge in [0.05, 0.1) is 5.33 Å². The third kappa shape index (κ3) is 2.59. The number of carbonyl (C=O) groups is 1. The number of halogens is 3. The van der Waals surface area contributed by atoms with E-state index in [1.807, 2.05) is 0 Å². The summed E-state index contributed by atoms with van der Waals surface area (Å²) in [5.74, 6) is -2.03. The Morgan fingerprint density at radius 1 is 1.38 bits per heavy atom. The van der Waals surface area contributed by atoms with E-state index in [4.69, 9.17) is 0 Å². The van der Waals surface area contributed by atoms with E-state index >= 15 is 0 Å². The fraction of sp³-hybridized carbons (Fsp3) is 0.222. The monoisotopic (exact) mass is 248 g/mol. The zero-order chi connectivity index (χ0) is 9.84. The molecular formula is C9H7BrF2O. The van der Waals surface area contributed by atoms with Crippen LogP contribution in [0, 0.1) is 11.6 Å². The lowest BCUT2D eigenvalue weighted by atomic mass is 10.1. The lowest BCUT2D eigenvalue weighted by Crippen LogP contribution is -2.06. The zero-order valence-corrected chi connectivity index (χ0v) is 8.27. The molecule has 0 fully saturated rings. The molecule has 1 aromatic rings. The van der Waals surface area contributed by atoms with Gasteiger partial charge in [0.2, 0.25) is 0 Å². The molecule has 70 valence electrons. The van der Waals surface area contributed by atoms with Crippen LogP contribution in [0.25, 0.3) is 0 Å². The summed E-state index contributed by atoms with van der Waals surface area (Å²) in [6.45, 7) is 0. The molecule has 1 nitrogen and oxygen atoms in total. The minimum atomic E-state index is -0.934. The van der Waals surface area contributed by atoms with Crippen molar-refractivity contribution in [3.05, 3.63) is 35.4 Å². The van der Waals surface area contributed by atoms with Gasteiger partial charge < -0.3 is 0 Å². The summed E-state index contributed by atoms with van der Waals surface area (Å²) in [7, 11) is 0. The Kier molecular flexibility index (Phi) is 3.54. The zero-order valence-electron chi connectivity index (χ0n) is 6.69. The van der Waals surface area contributed by atoms with Gasteiger partial charge in [-0.25, -0.2) is 8.78 Å². The second-order valence-electron chi connectivity index (χ2n) is 2.56. The molecule has 13 heavy (non-hydrogen) atoms. The quantitative estimate of drug-likeness (QED) is 0.752. The first kappa shape index (κ1) is 10.3. The van der Waals surface area contributed by atoms with Crippen LogP contribution in [-0.4, -0.2) is 11.1 Å². The molecule has 0 saturated heterocycles. The summed E-state index contributed by atoms with van der Waals surface area (Å²) in [6, 6.07) is 3.81. The highest BCUT2D eigenvalue weighted by Crippen LogP contribution is 2.12. The van der Waals surface area contributed by atoms with Crippen LogP contribution in [0.15, 0.2) is 18.2 Å². The van der Waals surface area contributed by atoms with Gasteiger partial charge in [0.15, 0.2) is 11.6 Å². The number of rotatable bonds is 3. The Balaban J connectivity index is 2.89. The molecule has 0 N–H and O–H groups in total. The molecule has 0 atom stereocenters. The third-order valence-corrected chi connectivity index (χ3v) is 2.19. The average molecular weight is 249 g/mol. The van der Waals surface area contributed by atoms with Crippen LogP contribution >= 0.6 is 15.9 Å². The van der Waals surface area contributed by atoms with Gasteiger partial charge in [0.25, 0.3) is 0 Å². The number of hydrogen-bond donors (Lipinski definition) is 0. The van der Waals surface area contributed by atoms with Gasteiger partial charge in [0.1, 0.15) is 5.78 Å². The fourth-order valence-electron chi connectivity index (χ4n) is 0.945.